The number of hydrogen-bond donors (Lipinski definition) is 0. The number of allylic oxidation sites excluding steroid dienone is 1. The van der Waals surface area contributed by atoms with Gasteiger partial charge in [0, 0.05) is 0 Å². The van der Waals surface area contributed by atoms with Crippen molar-refractivity contribution in [3.63, 3.8) is 0 Å². The fraction of sp³-hybridized carbons (Fsp3) is 0.273. The highest BCUT2D eigenvalue weighted by molar-refractivity contribution is 14.2. The first-order valence-corrected chi connectivity index (χ1v) is 8.67. The van der Waals surface area contributed by atoms with Crippen LogP contribution in [0, 0.1) is 0 Å². The number of rotatable bonds is 2. The molecule has 1 aliphatic rings. The van der Waals surface area contributed by atoms with Crippen molar-refractivity contribution < 1.29 is 4.52 Å². The van der Waals surface area contributed by atoms with E-state index in [0.717, 1.165) is 18.6 Å². The molecule has 1 aromatic rings. The van der Waals surface area contributed by atoms with Crippen molar-refractivity contribution >= 4 is 34.1 Å². The van der Waals surface area contributed by atoms with Crippen LogP contribution in [0.5, 0.6) is 5.75 Å². The Bertz CT molecular complexity index is 362. The van der Waals surface area contributed by atoms with E-state index in [1.54, 1.807) is 0 Å². The molecular weight excluding hydrogens is 306 g/mol. The molecule has 0 aromatic heterocycles. The Kier molecular flexibility index (Phi) is 3.45. The van der Waals surface area contributed by atoms with Gasteiger partial charge in [0.2, 0.25) is 0 Å². The maximum atomic E-state index is 5.49. The normalized spacial score (nSPS) is 15.9. The summed E-state index contributed by atoms with van der Waals surface area (Å²) < 4.78 is 5.49. The van der Waals surface area contributed by atoms with Crippen molar-refractivity contribution in [2.24, 2.45) is 0 Å². The van der Waals surface area contributed by atoms with Crippen molar-refractivity contribution in [1.29, 1.82) is 0 Å². The van der Waals surface area contributed by atoms with Gasteiger partial charge in [-0.2, -0.15) is 0 Å². The quantitative estimate of drug-likeness (QED) is 0.582. The van der Waals surface area contributed by atoms with Crippen LogP contribution in [0.15, 0.2) is 24.8 Å². The molecule has 0 saturated carbocycles. The van der Waals surface area contributed by atoms with Crippen molar-refractivity contribution in [3.8, 4) is 5.75 Å². The molecule has 1 atom stereocenters. The lowest BCUT2D eigenvalue weighted by atomic mass is 9.88. The molecule has 2 rings (SSSR count). The smallest absolute Gasteiger partial charge is 0.137 e. The highest BCUT2D eigenvalue weighted by Gasteiger charge is 2.12. The van der Waals surface area contributed by atoms with Gasteiger partial charge in [-0.3, -0.25) is 0 Å². The second-order valence-corrected chi connectivity index (χ2v) is 5.13. The van der Waals surface area contributed by atoms with Gasteiger partial charge in [-0.05, 0) is 70.1 Å². The maximum absolute atomic E-state index is 5.49. The Balaban J connectivity index is 2.34. The van der Waals surface area contributed by atoms with E-state index < -0.39 is 0 Å². The first kappa shape index (κ1) is 10.4. The Morgan fingerprint density at radius 2 is 2.21 bits per heavy atom. The van der Waals surface area contributed by atoms with Crippen molar-refractivity contribution in [3.05, 3.63) is 35.9 Å². The number of aryl methyl sites for hydroxylation is 1. The van der Waals surface area contributed by atoms with Gasteiger partial charge in [0.25, 0.3) is 0 Å². The van der Waals surface area contributed by atoms with Crippen LogP contribution in [0.4, 0.5) is 0 Å². The average Bonchev–Trinajstić information content (AvgIpc) is 2.18. The molecule has 0 heterocycles. The van der Waals surface area contributed by atoms with Gasteiger partial charge >= 0.3 is 0 Å². The zero-order chi connectivity index (χ0) is 9.97. The molecule has 0 amide bonds. The van der Waals surface area contributed by atoms with E-state index in [4.69, 9.17) is 4.52 Å². The van der Waals surface area contributed by atoms with Crippen molar-refractivity contribution in [2.75, 3.05) is 0 Å². The van der Waals surface area contributed by atoms with Crippen LogP contribution in [0.25, 0.3) is 5.57 Å². The topological polar surface area (TPSA) is 9.23 Å². The molecule has 1 unspecified atom stereocenters. The summed E-state index contributed by atoms with van der Waals surface area (Å²) in [5.74, 6) is 0.992. The molecule has 1 aliphatic carbocycles. The fourth-order valence-electron chi connectivity index (χ4n) is 1.86. The van der Waals surface area contributed by atoms with E-state index in [1.807, 2.05) is 6.07 Å². The molecule has 0 spiro atoms. The standard InChI is InChI=1S/C11H12IOP/c1-8-3-2-4-9-7-10(13-14-12)5-6-11(8)9/h5-7,14H,1-4H2. The average molecular weight is 318 g/mol. The van der Waals surface area contributed by atoms with Crippen LogP contribution in [0.1, 0.15) is 24.0 Å². The Labute approximate surface area is 99.3 Å². The molecule has 0 radical (unpaired) electrons. The number of fused-ring (bicyclic) bond motifs is 1. The van der Waals surface area contributed by atoms with Gasteiger partial charge in [0.1, 0.15) is 12.2 Å². The summed E-state index contributed by atoms with van der Waals surface area (Å²) in [5, 5.41) is 0. The van der Waals surface area contributed by atoms with E-state index in [0.29, 0.717) is 6.45 Å². The third-order valence-corrected chi connectivity index (χ3v) is 3.51. The number of hydrogen-bond acceptors (Lipinski definition) is 1. The van der Waals surface area contributed by atoms with E-state index in [2.05, 4.69) is 40.8 Å². The second-order valence-electron chi connectivity index (χ2n) is 3.46. The summed E-state index contributed by atoms with van der Waals surface area (Å²) >= 11 is 2.24. The lowest BCUT2D eigenvalue weighted by Gasteiger charge is -2.18. The van der Waals surface area contributed by atoms with Crippen LogP contribution in [-0.2, 0) is 6.42 Å². The molecule has 0 aliphatic heterocycles. The van der Waals surface area contributed by atoms with Gasteiger partial charge in [-0.15, -0.1) is 0 Å². The summed E-state index contributed by atoms with van der Waals surface area (Å²) in [6, 6.07) is 6.34. The summed E-state index contributed by atoms with van der Waals surface area (Å²) in [6.07, 6.45) is 3.53. The van der Waals surface area contributed by atoms with E-state index in [-0.39, 0.29) is 0 Å². The van der Waals surface area contributed by atoms with E-state index >= 15 is 0 Å². The number of halogens is 1. The van der Waals surface area contributed by atoms with Crippen LogP contribution >= 0.6 is 28.5 Å². The van der Waals surface area contributed by atoms with E-state index in [1.165, 1.54) is 23.1 Å². The summed E-state index contributed by atoms with van der Waals surface area (Å²) in [5.41, 5.74) is 4.00. The summed E-state index contributed by atoms with van der Waals surface area (Å²) in [7, 11) is 0. The minimum Gasteiger partial charge on any atom is -0.467 e. The molecule has 0 saturated heterocycles. The summed E-state index contributed by atoms with van der Waals surface area (Å²) in [4.78, 5) is 0. The third kappa shape index (κ3) is 2.12. The molecule has 0 N–H and O–H groups in total. The summed E-state index contributed by atoms with van der Waals surface area (Å²) in [6.45, 7) is 4.58. The second kappa shape index (κ2) is 4.63. The largest absolute Gasteiger partial charge is 0.467 e. The molecule has 0 fully saturated rings. The molecule has 3 heteroatoms. The fourth-order valence-corrected chi connectivity index (χ4v) is 2.84. The van der Waals surface area contributed by atoms with Gasteiger partial charge < -0.3 is 4.52 Å². The molecular formula is C11H12IOP. The van der Waals surface area contributed by atoms with Crippen molar-refractivity contribution in [2.45, 2.75) is 19.3 Å². The molecule has 74 valence electrons. The molecule has 0 bridgehead atoms. The van der Waals surface area contributed by atoms with Crippen LogP contribution < -0.4 is 4.52 Å². The minimum absolute atomic E-state index is 0.490. The highest BCUT2D eigenvalue weighted by atomic mass is 127. The lowest BCUT2D eigenvalue weighted by Crippen LogP contribution is -2.00. The van der Waals surface area contributed by atoms with Gasteiger partial charge in [0.15, 0.2) is 0 Å². The first-order valence-electron chi connectivity index (χ1n) is 4.65. The Morgan fingerprint density at radius 3 is 3.00 bits per heavy atom. The van der Waals surface area contributed by atoms with Gasteiger partial charge in [-0.25, -0.2) is 0 Å². The molecule has 1 aromatic carbocycles. The predicted molar refractivity (Wildman–Crippen MR) is 71.4 cm³/mol. The first-order chi connectivity index (χ1) is 6.81. The Morgan fingerprint density at radius 1 is 1.36 bits per heavy atom. The van der Waals surface area contributed by atoms with Gasteiger partial charge in [0.05, 0.1) is 0 Å². The van der Waals surface area contributed by atoms with E-state index in [9.17, 15) is 0 Å². The zero-order valence-corrected chi connectivity index (χ0v) is 11.0. The minimum atomic E-state index is 0.490. The van der Waals surface area contributed by atoms with Crippen molar-refractivity contribution in [1.82, 2.24) is 0 Å². The van der Waals surface area contributed by atoms with Crippen LogP contribution in [-0.4, -0.2) is 0 Å². The number of benzene rings is 1. The predicted octanol–water partition coefficient (Wildman–Crippen LogP) is 4.36. The van der Waals surface area contributed by atoms with Crippen LogP contribution in [0.3, 0.4) is 0 Å². The lowest BCUT2D eigenvalue weighted by molar-refractivity contribution is 0.641. The SMILES string of the molecule is C=C1CCCc2cc(OPI)ccc21. The highest BCUT2D eigenvalue weighted by Crippen LogP contribution is 2.34. The monoisotopic (exact) mass is 318 g/mol. The third-order valence-electron chi connectivity index (χ3n) is 2.54. The van der Waals surface area contributed by atoms with Gasteiger partial charge in [-0.1, -0.05) is 12.6 Å². The maximum Gasteiger partial charge on any atom is 0.137 e. The zero-order valence-electron chi connectivity index (χ0n) is 7.85. The Hall–Kier alpha value is -0.0800. The molecule has 14 heavy (non-hydrogen) atoms. The molecule has 1 nitrogen and oxygen atoms in total. The van der Waals surface area contributed by atoms with Crippen LogP contribution in [0.2, 0.25) is 0 Å².